The fraction of sp³-hybridized carbons (Fsp3) is 0.476. The molecule has 0 unspecified atom stereocenters. The van der Waals surface area contributed by atoms with Crippen LogP contribution < -0.4 is 19.9 Å². The van der Waals surface area contributed by atoms with Crippen molar-refractivity contribution in [3.8, 4) is 11.5 Å². The minimum Gasteiger partial charge on any atom is -0.454 e. The zero-order valence-corrected chi connectivity index (χ0v) is 20.7. The standard InChI is InChI=1S/C21H28N6O4S2/c1-5-13-9-14-15(31-12-30-14)10-16(13)32-20-25-17-18(22)23-11-24-19(17)27(20)7-6-8-33(28,29)26-21(2,3)4/h9-11,26H,5-8,12H2,1-4H3,(H2,22,23,24). The van der Waals surface area contributed by atoms with E-state index in [2.05, 4.69) is 26.6 Å². The molecule has 0 aliphatic carbocycles. The first-order valence-electron chi connectivity index (χ1n) is 10.6. The van der Waals surface area contributed by atoms with Gasteiger partial charge in [0.15, 0.2) is 33.6 Å². The van der Waals surface area contributed by atoms with Crippen LogP contribution in [0.1, 0.15) is 39.7 Å². The molecule has 0 saturated carbocycles. The van der Waals surface area contributed by atoms with Gasteiger partial charge >= 0.3 is 0 Å². The van der Waals surface area contributed by atoms with Crippen LogP contribution in [-0.2, 0) is 23.0 Å². The average Bonchev–Trinajstić information content (AvgIpc) is 3.30. The molecule has 10 nitrogen and oxygen atoms in total. The van der Waals surface area contributed by atoms with Crippen molar-refractivity contribution in [2.24, 2.45) is 0 Å². The number of aromatic nitrogens is 4. The van der Waals surface area contributed by atoms with E-state index in [4.69, 9.17) is 15.2 Å². The Labute approximate surface area is 197 Å². The second kappa shape index (κ2) is 8.99. The zero-order chi connectivity index (χ0) is 23.8. The number of anilines is 1. The Bertz CT molecular complexity index is 1280. The molecular formula is C21H28N6O4S2. The fourth-order valence-electron chi connectivity index (χ4n) is 3.58. The summed E-state index contributed by atoms with van der Waals surface area (Å²) >= 11 is 1.46. The van der Waals surface area contributed by atoms with Gasteiger partial charge in [-0.25, -0.2) is 28.1 Å². The van der Waals surface area contributed by atoms with Crippen LogP contribution in [-0.4, -0.2) is 46.0 Å². The quantitative estimate of drug-likeness (QED) is 0.486. The minimum atomic E-state index is -3.42. The van der Waals surface area contributed by atoms with E-state index < -0.39 is 15.6 Å². The second-order valence-electron chi connectivity index (χ2n) is 8.77. The molecule has 3 N–H and O–H groups in total. The smallest absolute Gasteiger partial charge is 0.231 e. The maximum absolute atomic E-state index is 12.4. The van der Waals surface area contributed by atoms with Gasteiger partial charge in [-0.1, -0.05) is 18.7 Å². The lowest BCUT2D eigenvalue weighted by molar-refractivity contribution is 0.174. The van der Waals surface area contributed by atoms with E-state index in [-0.39, 0.29) is 18.4 Å². The van der Waals surface area contributed by atoms with Crippen LogP contribution >= 0.6 is 11.8 Å². The monoisotopic (exact) mass is 492 g/mol. The predicted octanol–water partition coefficient (Wildman–Crippen LogP) is 2.96. The summed E-state index contributed by atoms with van der Waals surface area (Å²) in [5, 5.41) is 0.659. The molecule has 0 atom stereocenters. The third-order valence-electron chi connectivity index (χ3n) is 4.92. The van der Waals surface area contributed by atoms with Crippen LogP contribution in [0.15, 0.2) is 28.5 Å². The number of nitrogens with two attached hydrogens (primary N) is 1. The molecule has 33 heavy (non-hydrogen) atoms. The summed E-state index contributed by atoms with van der Waals surface area (Å²) in [7, 11) is -3.42. The summed E-state index contributed by atoms with van der Waals surface area (Å²) in [5.74, 6) is 1.69. The van der Waals surface area contributed by atoms with Crippen molar-refractivity contribution in [2.75, 3.05) is 18.3 Å². The van der Waals surface area contributed by atoms with E-state index in [1.807, 2.05) is 37.5 Å². The fourth-order valence-corrected chi connectivity index (χ4v) is 6.24. The molecule has 0 saturated heterocycles. The lowest BCUT2D eigenvalue weighted by Crippen LogP contribution is -2.41. The Hall–Kier alpha value is -2.57. The molecule has 2 aromatic heterocycles. The van der Waals surface area contributed by atoms with E-state index in [1.165, 1.54) is 18.1 Å². The van der Waals surface area contributed by atoms with Gasteiger partial charge in [0.25, 0.3) is 0 Å². The summed E-state index contributed by atoms with van der Waals surface area (Å²) in [6.45, 7) is 8.14. The van der Waals surface area contributed by atoms with E-state index in [9.17, 15) is 8.42 Å². The minimum absolute atomic E-state index is 0.0150. The van der Waals surface area contributed by atoms with Crippen LogP contribution in [0.4, 0.5) is 5.82 Å². The normalized spacial score (nSPS) is 13.7. The highest BCUT2D eigenvalue weighted by molar-refractivity contribution is 7.99. The van der Waals surface area contributed by atoms with Crippen LogP contribution in [0.25, 0.3) is 11.2 Å². The maximum Gasteiger partial charge on any atom is 0.231 e. The Morgan fingerprint density at radius 2 is 1.94 bits per heavy atom. The predicted molar refractivity (Wildman–Crippen MR) is 127 cm³/mol. The van der Waals surface area contributed by atoms with Gasteiger partial charge in [-0.2, -0.15) is 0 Å². The zero-order valence-electron chi connectivity index (χ0n) is 19.1. The summed E-state index contributed by atoms with van der Waals surface area (Å²) in [5.41, 5.74) is 7.69. The van der Waals surface area contributed by atoms with E-state index in [0.29, 0.717) is 35.0 Å². The number of nitrogens with zero attached hydrogens (tertiary/aromatic N) is 4. The summed E-state index contributed by atoms with van der Waals surface area (Å²) in [6, 6.07) is 3.93. The number of hydrogen-bond acceptors (Lipinski definition) is 9. The largest absolute Gasteiger partial charge is 0.454 e. The van der Waals surface area contributed by atoms with Crippen molar-refractivity contribution in [1.29, 1.82) is 0 Å². The first-order chi connectivity index (χ1) is 15.6. The van der Waals surface area contributed by atoms with Gasteiger partial charge in [-0.05, 0) is 51.3 Å². The number of fused-ring (bicyclic) bond motifs is 2. The molecule has 0 radical (unpaired) electrons. The maximum atomic E-state index is 12.4. The summed E-state index contributed by atoms with van der Waals surface area (Å²) in [6.07, 6.45) is 2.58. The molecular weight excluding hydrogens is 464 g/mol. The molecule has 0 spiro atoms. The van der Waals surface area contributed by atoms with Crippen LogP contribution in [0.3, 0.4) is 0 Å². The van der Waals surface area contributed by atoms with Crippen LogP contribution in [0, 0.1) is 0 Å². The first-order valence-corrected chi connectivity index (χ1v) is 13.1. The van der Waals surface area contributed by atoms with Crippen molar-refractivity contribution in [2.45, 2.75) is 62.7 Å². The Kier molecular flexibility index (Phi) is 6.43. The molecule has 3 heterocycles. The molecule has 0 fully saturated rings. The number of benzene rings is 1. The molecule has 0 bridgehead atoms. The molecule has 0 amide bonds. The molecule has 3 aromatic rings. The molecule has 1 aliphatic rings. The second-order valence-corrected chi connectivity index (χ2v) is 11.6. The van der Waals surface area contributed by atoms with E-state index in [1.54, 1.807) is 0 Å². The van der Waals surface area contributed by atoms with Gasteiger partial charge in [-0.3, -0.25) is 0 Å². The third-order valence-corrected chi connectivity index (χ3v) is 7.76. The number of hydrogen-bond donors (Lipinski definition) is 2. The highest BCUT2D eigenvalue weighted by Gasteiger charge is 2.23. The van der Waals surface area contributed by atoms with Crippen molar-refractivity contribution in [3.05, 3.63) is 24.0 Å². The Morgan fingerprint density at radius 1 is 1.21 bits per heavy atom. The van der Waals surface area contributed by atoms with Gasteiger partial charge < -0.3 is 19.8 Å². The molecule has 1 aromatic carbocycles. The molecule has 1 aliphatic heterocycles. The number of nitrogen functional groups attached to an aromatic ring is 1. The molecule has 4 rings (SSSR count). The lowest BCUT2D eigenvalue weighted by Gasteiger charge is -2.20. The number of ether oxygens (including phenoxy) is 2. The lowest BCUT2D eigenvalue weighted by atomic mass is 10.1. The summed E-state index contributed by atoms with van der Waals surface area (Å²) < 4.78 is 40.5. The van der Waals surface area contributed by atoms with Crippen LogP contribution in [0.2, 0.25) is 0 Å². The number of aryl methyl sites for hydroxylation is 2. The number of rotatable bonds is 8. The highest BCUT2D eigenvalue weighted by atomic mass is 32.2. The first kappa shape index (κ1) is 23.6. The number of imidazole rings is 1. The molecule has 178 valence electrons. The SMILES string of the molecule is CCc1cc2c(cc1Sc1nc3c(N)ncnc3n1CCCS(=O)(=O)NC(C)(C)C)OCO2. The van der Waals surface area contributed by atoms with Crippen molar-refractivity contribution >= 4 is 38.8 Å². The Balaban J connectivity index is 1.64. The summed E-state index contributed by atoms with van der Waals surface area (Å²) in [4.78, 5) is 14.1. The van der Waals surface area contributed by atoms with Crippen molar-refractivity contribution < 1.29 is 17.9 Å². The van der Waals surface area contributed by atoms with E-state index in [0.717, 1.165) is 22.6 Å². The Morgan fingerprint density at radius 3 is 2.64 bits per heavy atom. The highest BCUT2D eigenvalue weighted by Crippen LogP contribution is 2.41. The third kappa shape index (κ3) is 5.33. The van der Waals surface area contributed by atoms with Gasteiger partial charge in [0, 0.05) is 17.0 Å². The topological polar surface area (TPSA) is 134 Å². The van der Waals surface area contributed by atoms with Crippen molar-refractivity contribution in [1.82, 2.24) is 24.2 Å². The number of sulfonamides is 1. The van der Waals surface area contributed by atoms with Gasteiger partial charge in [0.2, 0.25) is 16.8 Å². The van der Waals surface area contributed by atoms with Crippen LogP contribution in [0.5, 0.6) is 11.5 Å². The van der Waals surface area contributed by atoms with E-state index >= 15 is 0 Å². The average molecular weight is 493 g/mol. The van der Waals surface area contributed by atoms with Gasteiger partial charge in [0.1, 0.15) is 6.33 Å². The number of nitrogens with one attached hydrogen (secondary N) is 1. The molecule has 12 heteroatoms. The van der Waals surface area contributed by atoms with Gasteiger partial charge in [0.05, 0.1) is 5.75 Å². The van der Waals surface area contributed by atoms with Gasteiger partial charge in [-0.15, -0.1) is 0 Å². The van der Waals surface area contributed by atoms with Crippen molar-refractivity contribution in [3.63, 3.8) is 0 Å².